The molecule has 0 saturated heterocycles. The molecule has 2 rings (SSSR count). The van der Waals surface area contributed by atoms with Crippen LogP contribution in [0.15, 0.2) is 35.2 Å². The number of benzene rings is 2. The van der Waals surface area contributed by atoms with Crippen molar-refractivity contribution in [3.05, 3.63) is 63.7 Å². The third kappa shape index (κ3) is 6.77. The maximum absolute atomic E-state index is 12.0. The summed E-state index contributed by atoms with van der Waals surface area (Å²) in [5.41, 5.74) is 6.14. The lowest BCUT2D eigenvalue weighted by Crippen LogP contribution is -2.05. The van der Waals surface area contributed by atoms with Crippen LogP contribution in [0.1, 0.15) is 53.1 Å². The van der Waals surface area contributed by atoms with Gasteiger partial charge in [-0.25, -0.2) is 0 Å². The SMILES string of the molecule is CC(=Cc1cc(C)c(C)cc1C)c1ccc(CCCCS(=O)(=O)O)cc1S(=O)(=O)O. The normalized spacial score (nSPS) is 12.9. The molecule has 2 aromatic carbocycles. The van der Waals surface area contributed by atoms with Gasteiger partial charge >= 0.3 is 0 Å². The quantitative estimate of drug-likeness (QED) is 0.343. The molecule has 0 aliphatic rings. The van der Waals surface area contributed by atoms with E-state index in [9.17, 15) is 21.4 Å². The molecule has 0 heterocycles. The van der Waals surface area contributed by atoms with Gasteiger partial charge in [-0.05, 0) is 92.0 Å². The monoisotopic (exact) mass is 452 g/mol. The van der Waals surface area contributed by atoms with Crippen molar-refractivity contribution in [2.75, 3.05) is 5.75 Å². The fourth-order valence-corrected chi connectivity index (χ4v) is 4.70. The number of hydrogen-bond acceptors (Lipinski definition) is 4. The van der Waals surface area contributed by atoms with E-state index < -0.39 is 20.2 Å². The van der Waals surface area contributed by atoms with E-state index in [-0.39, 0.29) is 17.1 Å². The summed E-state index contributed by atoms with van der Waals surface area (Å²) < 4.78 is 64.2. The largest absolute Gasteiger partial charge is 0.295 e. The molecule has 0 amide bonds. The molecule has 0 radical (unpaired) electrons. The van der Waals surface area contributed by atoms with Gasteiger partial charge in [-0.2, -0.15) is 16.8 Å². The van der Waals surface area contributed by atoms with Crippen molar-refractivity contribution < 1.29 is 25.9 Å². The van der Waals surface area contributed by atoms with Crippen LogP contribution in [0.25, 0.3) is 11.6 Å². The second-order valence-corrected chi connectivity index (χ2v) is 10.6. The number of hydrogen-bond donors (Lipinski definition) is 2. The van der Waals surface area contributed by atoms with Gasteiger partial charge in [0.25, 0.3) is 20.2 Å². The number of allylic oxidation sites excluding steroid dienone is 1. The van der Waals surface area contributed by atoms with Crippen LogP contribution in [-0.4, -0.2) is 31.7 Å². The molecule has 0 atom stereocenters. The van der Waals surface area contributed by atoms with Crippen molar-refractivity contribution in [3.8, 4) is 0 Å². The van der Waals surface area contributed by atoms with Crippen LogP contribution in [0.5, 0.6) is 0 Å². The van der Waals surface area contributed by atoms with Gasteiger partial charge in [0, 0.05) is 0 Å². The highest BCUT2D eigenvalue weighted by Crippen LogP contribution is 2.28. The van der Waals surface area contributed by atoms with Gasteiger partial charge in [0.05, 0.1) is 5.75 Å². The summed E-state index contributed by atoms with van der Waals surface area (Å²) in [6, 6.07) is 8.97. The van der Waals surface area contributed by atoms with E-state index in [1.807, 2.05) is 32.9 Å². The Balaban J connectivity index is 2.37. The highest BCUT2D eigenvalue weighted by molar-refractivity contribution is 7.86. The van der Waals surface area contributed by atoms with Crippen molar-refractivity contribution in [3.63, 3.8) is 0 Å². The smallest absolute Gasteiger partial charge is 0.286 e. The van der Waals surface area contributed by atoms with E-state index in [0.717, 1.165) is 16.7 Å². The van der Waals surface area contributed by atoms with Gasteiger partial charge in [-0.3, -0.25) is 9.11 Å². The molecular formula is C22H28O6S2. The average Bonchev–Trinajstić information content (AvgIpc) is 2.61. The fraction of sp³-hybridized carbons (Fsp3) is 0.364. The standard InChI is InChI=1S/C22H28O6S2/c1-15-11-17(3)20(12-16(15)2)13-18(4)21-9-8-19(14-22(21)30(26,27)28)7-5-6-10-29(23,24)25/h8-9,11-14H,5-7,10H2,1-4H3,(H,23,24,25)(H,26,27,28). The second-order valence-electron chi connectivity index (χ2n) is 7.67. The maximum Gasteiger partial charge on any atom is 0.295 e. The Morgan fingerprint density at radius 3 is 2.13 bits per heavy atom. The molecule has 8 heteroatoms. The molecule has 0 fully saturated rings. The average molecular weight is 453 g/mol. The topological polar surface area (TPSA) is 109 Å². The summed E-state index contributed by atoms with van der Waals surface area (Å²) in [6.07, 6.45) is 3.04. The molecule has 6 nitrogen and oxygen atoms in total. The number of rotatable bonds is 8. The fourth-order valence-electron chi connectivity index (χ4n) is 3.32. The van der Waals surface area contributed by atoms with Gasteiger partial charge in [-0.1, -0.05) is 30.3 Å². The van der Waals surface area contributed by atoms with Crippen LogP contribution in [0.4, 0.5) is 0 Å². The third-order valence-corrected chi connectivity index (χ3v) is 6.82. The Labute approximate surface area is 179 Å². The Bertz CT molecular complexity index is 1180. The van der Waals surface area contributed by atoms with Crippen molar-refractivity contribution >= 4 is 31.9 Å². The van der Waals surface area contributed by atoms with Gasteiger partial charge in [0.2, 0.25) is 0 Å². The van der Waals surface area contributed by atoms with E-state index in [0.29, 0.717) is 29.5 Å². The zero-order chi connectivity index (χ0) is 22.7. The van der Waals surface area contributed by atoms with Crippen molar-refractivity contribution in [2.24, 2.45) is 0 Å². The van der Waals surface area contributed by atoms with Crippen LogP contribution >= 0.6 is 0 Å². The van der Waals surface area contributed by atoms with E-state index in [2.05, 4.69) is 6.07 Å². The van der Waals surface area contributed by atoms with Crippen molar-refractivity contribution in [1.82, 2.24) is 0 Å². The van der Waals surface area contributed by atoms with E-state index in [1.165, 1.54) is 11.6 Å². The molecule has 0 saturated carbocycles. The van der Waals surface area contributed by atoms with Crippen molar-refractivity contribution in [1.29, 1.82) is 0 Å². The van der Waals surface area contributed by atoms with Gasteiger partial charge in [0.1, 0.15) is 4.90 Å². The Morgan fingerprint density at radius 2 is 1.53 bits per heavy atom. The van der Waals surface area contributed by atoms with Crippen LogP contribution in [0.3, 0.4) is 0 Å². The van der Waals surface area contributed by atoms with Crippen LogP contribution in [0, 0.1) is 20.8 Å². The molecule has 164 valence electrons. The first-order chi connectivity index (χ1) is 13.8. The maximum atomic E-state index is 12.0. The summed E-state index contributed by atoms with van der Waals surface area (Å²) in [7, 11) is -8.46. The molecule has 0 aliphatic carbocycles. The van der Waals surface area contributed by atoms with Crippen LogP contribution in [-0.2, 0) is 26.7 Å². The predicted octanol–water partition coefficient (Wildman–Crippen LogP) is 4.63. The van der Waals surface area contributed by atoms with Crippen molar-refractivity contribution in [2.45, 2.75) is 51.9 Å². The zero-order valence-electron chi connectivity index (χ0n) is 17.6. The first kappa shape index (κ1) is 24.3. The lowest BCUT2D eigenvalue weighted by atomic mass is 9.96. The predicted molar refractivity (Wildman–Crippen MR) is 120 cm³/mol. The summed E-state index contributed by atoms with van der Waals surface area (Å²) in [5, 5.41) is 0. The van der Waals surface area contributed by atoms with Crippen LogP contribution < -0.4 is 0 Å². The minimum atomic E-state index is -4.45. The van der Waals surface area contributed by atoms with E-state index in [1.54, 1.807) is 19.1 Å². The zero-order valence-corrected chi connectivity index (χ0v) is 19.3. The first-order valence-electron chi connectivity index (χ1n) is 9.60. The lowest BCUT2D eigenvalue weighted by Gasteiger charge is -2.12. The van der Waals surface area contributed by atoms with E-state index in [4.69, 9.17) is 4.55 Å². The molecule has 2 aromatic rings. The molecule has 0 aromatic heterocycles. The van der Waals surface area contributed by atoms with Gasteiger partial charge < -0.3 is 0 Å². The Kier molecular flexibility index (Phi) is 7.63. The van der Waals surface area contributed by atoms with Gasteiger partial charge in [0.15, 0.2) is 0 Å². The second kappa shape index (κ2) is 9.43. The number of aryl methyl sites for hydroxylation is 4. The van der Waals surface area contributed by atoms with Gasteiger partial charge in [-0.15, -0.1) is 0 Å². The molecule has 2 N–H and O–H groups in total. The minimum absolute atomic E-state index is 0.176. The highest BCUT2D eigenvalue weighted by Gasteiger charge is 2.18. The Hall–Kier alpha value is -2.00. The van der Waals surface area contributed by atoms with E-state index >= 15 is 0 Å². The highest BCUT2D eigenvalue weighted by atomic mass is 32.2. The summed E-state index contributed by atoms with van der Waals surface area (Å²) in [6.45, 7) is 7.84. The molecule has 0 unspecified atom stereocenters. The lowest BCUT2D eigenvalue weighted by molar-refractivity contribution is 0.479. The summed E-state index contributed by atoms with van der Waals surface area (Å²) >= 11 is 0. The molecule has 0 bridgehead atoms. The third-order valence-electron chi connectivity index (χ3n) is 5.12. The van der Waals surface area contributed by atoms with Crippen LogP contribution in [0.2, 0.25) is 0 Å². The summed E-state index contributed by atoms with van der Waals surface area (Å²) in [4.78, 5) is -0.176. The number of unbranched alkanes of at least 4 members (excludes halogenated alkanes) is 1. The molecule has 0 spiro atoms. The summed E-state index contributed by atoms with van der Waals surface area (Å²) in [5.74, 6) is -0.340. The first-order valence-corrected chi connectivity index (χ1v) is 12.6. The minimum Gasteiger partial charge on any atom is -0.286 e. The molecule has 0 aliphatic heterocycles. The molecular weight excluding hydrogens is 424 g/mol. The molecule has 30 heavy (non-hydrogen) atoms. The Morgan fingerprint density at radius 1 is 0.900 bits per heavy atom.